The Morgan fingerprint density at radius 2 is 2.04 bits per heavy atom. The monoisotopic (exact) mass is 440 g/mol. The van der Waals surface area contributed by atoms with Crippen LogP contribution in [0.3, 0.4) is 0 Å². The summed E-state index contributed by atoms with van der Waals surface area (Å²) >= 11 is 3.10. The van der Waals surface area contributed by atoms with Crippen LogP contribution in [0.5, 0.6) is 0 Å². The molecule has 0 bridgehead atoms. The summed E-state index contributed by atoms with van der Waals surface area (Å²) < 4.78 is 29.1. The Hall–Kier alpha value is -1.69. The summed E-state index contributed by atoms with van der Waals surface area (Å²) in [5, 5.41) is 12.3. The molecule has 0 fully saturated rings. The second-order valence-corrected chi connectivity index (χ2v) is 10.7. The van der Waals surface area contributed by atoms with Gasteiger partial charge in [0.15, 0.2) is 4.34 Å². The predicted octanol–water partition coefficient (Wildman–Crippen LogP) is 3.27. The lowest BCUT2D eigenvalue weighted by atomic mass is 10.3. The number of aryl methyl sites for hydroxylation is 1. The molecule has 1 aromatic carbocycles. The molecule has 152 valence electrons. The Balaban J connectivity index is 1.91. The van der Waals surface area contributed by atoms with E-state index in [4.69, 9.17) is 4.98 Å². The largest absolute Gasteiger partial charge is 0.360 e. The topological polar surface area (TPSA) is 93.0 Å². The number of nitrogens with one attached hydrogen (secondary N) is 1. The van der Waals surface area contributed by atoms with Gasteiger partial charge in [0.05, 0.1) is 21.7 Å². The van der Waals surface area contributed by atoms with Crippen molar-refractivity contribution in [3.05, 3.63) is 24.0 Å². The molecule has 0 atom stereocenters. The van der Waals surface area contributed by atoms with Crippen LogP contribution in [0.2, 0.25) is 0 Å². The number of imidazole rings is 1. The van der Waals surface area contributed by atoms with E-state index >= 15 is 0 Å². The van der Waals surface area contributed by atoms with Crippen LogP contribution in [0.15, 0.2) is 27.4 Å². The smallest absolute Gasteiger partial charge is 0.242 e. The molecule has 0 unspecified atom stereocenters. The highest BCUT2D eigenvalue weighted by atomic mass is 32.2. The molecular formula is C17H24N6O2S3. The van der Waals surface area contributed by atoms with E-state index in [1.54, 1.807) is 23.9 Å². The second kappa shape index (κ2) is 8.76. The van der Waals surface area contributed by atoms with Gasteiger partial charge in [0.1, 0.15) is 5.82 Å². The molecule has 2 heterocycles. The number of aromatic nitrogens is 4. The van der Waals surface area contributed by atoms with Crippen LogP contribution in [0.1, 0.15) is 26.1 Å². The molecular weight excluding hydrogens is 416 g/mol. The number of thioether (sulfide) groups is 1. The quantitative estimate of drug-likeness (QED) is 0.510. The highest BCUT2D eigenvalue weighted by Crippen LogP contribution is 2.30. The molecule has 3 rings (SSSR count). The lowest BCUT2D eigenvalue weighted by molar-refractivity contribution is 0.521. The number of nitrogens with zero attached hydrogens (tertiary/aromatic N) is 5. The van der Waals surface area contributed by atoms with E-state index in [0.717, 1.165) is 40.3 Å². The summed E-state index contributed by atoms with van der Waals surface area (Å²) in [5.74, 6) is 1.55. The first-order valence-corrected chi connectivity index (χ1v) is 12.2. The molecule has 11 heteroatoms. The number of hydrogen-bond donors (Lipinski definition) is 1. The van der Waals surface area contributed by atoms with E-state index < -0.39 is 10.0 Å². The Kier molecular flexibility index (Phi) is 6.58. The van der Waals surface area contributed by atoms with Gasteiger partial charge in [-0.05, 0) is 31.5 Å². The van der Waals surface area contributed by atoms with Gasteiger partial charge < -0.3 is 9.88 Å². The van der Waals surface area contributed by atoms with Crippen LogP contribution in [-0.2, 0) is 22.3 Å². The molecule has 1 N–H and O–H groups in total. The summed E-state index contributed by atoms with van der Waals surface area (Å²) in [5.41, 5.74) is 1.64. The molecule has 0 aliphatic heterocycles. The fraction of sp³-hybridized carbons (Fsp3) is 0.471. The van der Waals surface area contributed by atoms with Crippen LogP contribution < -0.4 is 5.32 Å². The third kappa shape index (κ3) is 4.32. The summed E-state index contributed by atoms with van der Waals surface area (Å²) in [6.45, 7) is 5.77. The van der Waals surface area contributed by atoms with Gasteiger partial charge >= 0.3 is 0 Å². The standard InChI is InChI=1S/C17H24N6O2S3/c1-5-9-23-14-8-7-12(28(24,25)22(3)4)10-13(14)19-15(23)11-26-17-21-20-16(27-17)18-6-2/h7-8,10H,5-6,9,11H2,1-4H3,(H,18,20). The van der Waals surface area contributed by atoms with Gasteiger partial charge in [-0.25, -0.2) is 17.7 Å². The molecule has 0 aliphatic carbocycles. The van der Waals surface area contributed by atoms with E-state index in [0.29, 0.717) is 11.3 Å². The Morgan fingerprint density at radius 3 is 2.71 bits per heavy atom. The van der Waals surface area contributed by atoms with E-state index in [1.165, 1.54) is 29.7 Å². The normalized spacial score (nSPS) is 12.2. The summed E-state index contributed by atoms with van der Waals surface area (Å²) in [6, 6.07) is 5.14. The molecule has 0 radical (unpaired) electrons. The first kappa shape index (κ1) is 21.0. The van der Waals surface area contributed by atoms with Gasteiger partial charge in [-0.15, -0.1) is 10.2 Å². The number of rotatable bonds is 9. The molecule has 0 spiro atoms. The number of fused-ring (bicyclic) bond motifs is 1. The lowest BCUT2D eigenvalue weighted by Gasteiger charge is -2.11. The van der Waals surface area contributed by atoms with E-state index in [1.807, 2.05) is 13.0 Å². The van der Waals surface area contributed by atoms with Crippen molar-refractivity contribution in [3.8, 4) is 0 Å². The van der Waals surface area contributed by atoms with Gasteiger partial charge in [-0.3, -0.25) is 0 Å². The van der Waals surface area contributed by atoms with Crippen molar-refractivity contribution in [1.82, 2.24) is 24.1 Å². The first-order chi connectivity index (χ1) is 13.4. The SMILES string of the molecule is CCCn1c(CSc2nnc(NCC)s2)nc2cc(S(=O)(=O)N(C)C)ccc21. The maximum atomic E-state index is 12.4. The molecule has 0 aliphatic rings. The van der Waals surface area contributed by atoms with E-state index in [9.17, 15) is 8.42 Å². The zero-order chi connectivity index (χ0) is 20.3. The Labute approximate surface area is 173 Å². The van der Waals surface area contributed by atoms with Crippen molar-refractivity contribution in [3.63, 3.8) is 0 Å². The molecule has 0 amide bonds. The molecule has 8 nitrogen and oxygen atoms in total. The van der Waals surface area contributed by atoms with Crippen molar-refractivity contribution in [2.75, 3.05) is 26.0 Å². The Morgan fingerprint density at radius 1 is 1.25 bits per heavy atom. The van der Waals surface area contributed by atoms with Crippen molar-refractivity contribution >= 4 is 49.3 Å². The number of hydrogen-bond acceptors (Lipinski definition) is 8. The van der Waals surface area contributed by atoms with Crippen LogP contribution in [-0.4, -0.2) is 53.1 Å². The minimum atomic E-state index is -3.49. The summed E-state index contributed by atoms with van der Waals surface area (Å²) in [7, 11) is -0.429. The molecule has 0 saturated heterocycles. The minimum Gasteiger partial charge on any atom is -0.360 e. The fourth-order valence-corrected chi connectivity index (χ4v) is 5.42. The van der Waals surface area contributed by atoms with Crippen molar-refractivity contribution in [2.24, 2.45) is 0 Å². The van der Waals surface area contributed by atoms with E-state index in [-0.39, 0.29) is 4.90 Å². The van der Waals surface area contributed by atoms with Gasteiger partial charge in [0.2, 0.25) is 15.2 Å². The molecule has 28 heavy (non-hydrogen) atoms. The maximum Gasteiger partial charge on any atom is 0.242 e. The average Bonchev–Trinajstić information content (AvgIpc) is 3.24. The zero-order valence-corrected chi connectivity index (χ0v) is 18.8. The number of benzene rings is 1. The third-order valence-corrected chi connectivity index (χ3v) is 7.91. The average molecular weight is 441 g/mol. The predicted molar refractivity (Wildman–Crippen MR) is 115 cm³/mol. The van der Waals surface area contributed by atoms with Gasteiger partial charge in [-0.2, -0.15) is 0 Å². The summed E-state index contributed by atoms with van der Waals surface area (Å²) in [6.07, 6.45) is 0.963. The van der Waals surface area contributed by atoms with Crippen LogP contribution in [0, 0.1) is 0 Å². The fourth-order valence-electron chi connectivity index (χ4n) is 2.73. The zero-order valence-electron chi connectivity index (χ0n) is 16.3. The van der Waals surface area contributed by atoms with Crippen LogP contribution in [0.4, 0.5) is 5.13 Å². The van der Waals surface area contributed by atoms with Gasteiger partial charge in [0, 0.05) is 27.2 Å². The molecule has 0 saturated carbocycles. The van der Waals surface area contributed by atoms with Gasteiger partial charge in [0.25, 0.3) is 0 Å². The lowest BCUT2D eigenvalue weighted by Crippen LogP contribution is -2.22. The molecule has 2 aromatic heterocycles. The second-order valence-electron chi connectivity index (χ2n) is 6.31. The Bertz CT molecular complexity index is 1060. The highest BCUT2D eigenvalue weighted by molar-refractivity contribution is 8.00. The van der Waals surface area contributed by atoms with Crippen molar-refractivity contribution in [1.29, 1.82) is 0 Å². The maximum absolute atomic E-state index is 12.4. The molecule has 3 aromatic rings. The first-order valence-electron chi connectivity index (χ1n) is 8.98. The number of sulfonamides is 1. The van der Waals surface area contributed by atoms with Crippen LogP contribution >= 0.6 is 23.1 Å². The highest BCUT2D eigenvalue weighted by Gasteiger charge is 2.20. The van der Waals surface area contributed by atoms with Crippen molar-refractivity contribution in [2.45, 2.75) is 41.8 Å². The van der Waals surface area contributed by atoms with E-state index in [2.05, 4.69) is 27.0 Å². The van der Waals surface area contributed by atoms with Gasteiger partial charge in [-0.1, -0.05) is 30.0 Å². The van der Waals surface area contributed by atoms with Crippen LogP contribution in [0.25, 0.3) is 11.0 Å². The third-order valence-electron chi connectivity index (χ3n) is 4.08. The summed E-state index contributed by atoms with van der Waals surface area (Å²) in [4.78, 5) is 4.98. The van der Waals surface area contributed by atoms with Crippen molar-refractivity contribution < 1.29 is 8.42 Å². The number of anilines is 1. The minimum absolute atomic E-state index is 0.254.